The maximum absolute atomic E-state index is 12.2. The van der Waals surface area contributed by atoms with Gasteiger partial charge in [0, 0.05) is 23.4 Å². The van der Waals surface area contributed by atoms with Crippen molar-refractivity contribution in [1.29, 1.82) is 0 Å². The minimum absolute atomic E-state index is 0.0165. The highest BCUT2D eigenvalue weighted by Crippen LogP contribution is 2.14. The van der Waals surface area contributed by atoms with Gasteiger partial charge < -0.3 is 4.74 Å². The molecular weight excluding hydrogens is 431 g/mol. The number of carbonyl (C=O) groups is 4. The molecule has 2 rings (SSSR count). The molecular formula is C21H20Cl2N2O5. The fourth-order valence-electron chi connectivity index (χ4n) is 2.45. The minimum Gasteiger partial charge on any atom is -0.454 e. The van der Waals surface area contributed by atoms with Gasteiger partial charge in [-0.25, -0.2) is 0 Å². The predicted octanol–water partition coefficient (Wildman–Crippen LogP) is 3.74. The maximum atomic E-state index is 12.2. The fourth-order valence-corrected chi connectivity index (χ4v) is 2.80. The third-order valence-corrected chi connectivity index (χ3v) is 4.61. The Kier molecular flexibility index (Phi) is 8.83. The molecule has 0 heterocycles. The summed E-state index contributed by atoms with van der Waals surface area (Å²) < 4.78 is 5.11. The monoisotopic (exact) mass is 450 g/mol. The summed E-state index contributed by atoms with van der Waals surface area (Å²) in [5, 5.41) is 0.756. The Bertz CT molecular complexity index is 931. The van der Waals surface area contributed by atoms with Crippen molar-refractivity contribution in [3.8, 4) is 0 Å². The van der Waals surface area contributed by atoms with Crippen molar-refractivity contribution < 1.29 is 23.9 Å². The zero-order valence-corrected chi connectivity index (χ0v) is 17.6. The third-order valence-electron chi connectivity index (χ3n) is 4.02. The van der Waals surface area contributed by atoms with Gasteiger partial charge in [0.1, 0.15) is 0 Å². The Morgan fingerprint density at radius 1 is 0.933 bits per heavy atom. The molecule has 2 amide bonds. The molecule has 9 heteroatoms. The summed E-state index contributed by atoms with van der Waals surface area (Å²) in [6.45, 7) is 1.48. The molecule has 158 valence electrons. The average Bonchev–Trinajstić information content (AvgIpc) is 2.72. The van der Waals surface area contributed by atoms with E-state index in [-0.39, 0.29) is 35.6 Å². The number of halogens is 2. The van der Waals surface area contributed by atoms with Crippen LogP contribution in [-0.2, 0) is 14.3 Å². The Hall–Kier alpha value is -2.90. The van der Waals surface area contributed by atoms with Crippen LogP contribution in [0.2, 0.25) is 10.0 Å². The van der Waals surface area contributed by atoms with Gasteiger partial charge in [0.15, 0.2) is 6.10 Å². The molecule has 0 aliphatic heterocycles. The molecule has 0 aliphatic rings. The van der Waals surface area contributed by atoms with Crippen molar-refractivity contribution in [2.75, 3.05) is 0 Å². The second kappa shape index (κ2) is 11.3. The SMILES string of the molecule is CC(OC(=O)CCCC(=O)NNC(=O)c1ccccc1Cl)C(=O)c1ccc(Cl)cc1. The second-order valence-corrected chi connectivity index (χ2v) is 7.18. The fraction of sp³-hybridized carbons (Fsp3) is 0.238. The van der Waals surface area contributed by atoms with Gasteiger partial charge in [0.2, 0.25) is 11.7 Å². The Balaban J connectivity index is 1.69. The van der Waals surface area contributed by atoms with Gasteiger partial charge in [-0.05, 0) is 49.7 Å². The first-order valence-electron chi connectivity index (χ1n) is 9.11. The van der Waals surface area contributed by atoms with E-state index in [4.69, 9.17) is 27.9 Å². The highest BCUT2D eigenvalue weighted by Gasteiger charge is 2.19. The lowest BCUT2D eigenvalue weighted by Gasteiger charge is -2.12. The lowest BCUT2D eigenvalue weighted by molar-refractivity contribution is -0.146. The van der Waals surface area contributed by atoms with Gasteiger partial charge >= 0.3 is 5.97 Å². The van der Waals surface area contributed by atoms with E-state index in [9.17, 15) is 19.2 Å². The van der Waals surface area contributed by atoms with Crippen LogP contribution in [0.25, 0.3) is 0 Å². The largest absolute Gasteiger partial charge is 0.454 e. The van der Waals surface area contributed by atoms with E-state index in [1.807, 2.05) is 0 Å². The first kappa shape index (κ1) is 23.4. The molecule has 0 spiro atoms. The van der Waals surface area contributed by atoms with E-state index in [0.717, 1.165) is 0 Å². The van der Waals surface area contributed by atoms with Crippen LogP contribution in [0.4, 0.5) is 0 Å². The zero-order valence-electron chi connectivity index (χ0n) is 16.1. The number of nitrogens with one attached hydrogen (secondary N) is 2. The summed E-state index contributed by atoms with van der Waals surface area (Å²) >= 11 is 11.7. The molecule has 0 fully saturated rings. The summed E-state index contributed by atoms with van der Waals surface area (Å²) in [6, 6.07) is 12.7. The van der Waals surface area contributed by atoms with Gasteiger partial charge in [-0.15, -0.1) is 0 Å². The number of esters is 1. The molecule has 1 atom stereocenters. The summed E-state index contributed by atoms with van der Waals surface area (Å²) in [6.07, 6.45) is -0.835. The number of carbonyl (C=O) groups excluding carboxylic acids is 4. The number of rotatable bonds is 8. The molecule has 7 nitrogen and oxygen atoms in total. The normalized spacial score (nSPS) is 11.3. The maximum Gasteiger partial charge on any atom is 0.306 e. The first-order valence-corrected chi connectivity index (χ1v) is 9.86. The molecule has 0 radical (unpaired) electrons. The van der Waals surface area contributed by atoms with E-state index in [1.54, 1.807) is 42.5 Å². The van der Waals surface area contributed by atoms with E-state index >= 15 is 0 Å². The molecule has 2 aromatic carbocycles. The first-order chi connectivity index (χ1) is 14.3. The molecule has 30 heavy (non-hydrogen) atoms. The number of benzene rings is 2. The van der Waals surface area contributed by atoms with Gasteiger partial charge in [0.25, 0.3) is 5.91 Å². The van der Waals surface area contributed by atoms with Crippen LogP contribution in [0.3, 0.4) is 0 Å². The number of ketones is 1. The van der Waals surface area contributed by atoms with Gasteiger partial charge in [0.05, 0.1) is 10.6 Å². The molecule has 0 aromatic heterocycles. The third kappa shape index (κ3) is 7.17. The number of hydrogen-bond donors (Lipinski definition) is 2. The van der Waals surface area contributed by atoms with Crippen LogP contribution >= 0.6 is 23.2 Å². The van der Waals surface area contributed by atoms with Crippen molar-refractivity contribution in [2.45, 2.75) is 32.3 Å². The molecule has 0 saturated heterocycles. The van der Waals surface area contributed by atoms with Crippen LogP contribution in [0, 0.1) is 0 Å². The molecule has 0 saturated carbocycles. The van der Waals surface area contributed by atoms with Crippen molar-refractivity contribution in [3.05, 3.63) is 69.7 Å². The van der Waals surface area contributed by atoms with Gasteiger partial charge in [-0.3, -0.25) is 30.0 Å². The van der Waals surface area contributed by atoms with Crippen molar-refractivity contribution in [1.82, 2.24) is 10.9 Å². The average molecular weight is 451 g/mol. The second-order valence-electron chi connectivity index (χ2n) is 6.34. The highest BCUT2D eigenvalue weighted by atomic mass is 35.5. The van der Waals surface area contributed by atoms with Crippen molar-refractivity contribution in [2.24, 2.45) is 0 Å². The zero-order chi connectivity index (χ0) is 22.1. The molecule has 2 N–H and O–H groups in total. The van der Waals surface area contributed by atoms with Gasteiger partial charge in [-0.2, -0.15) is 0 Å². The van der Waals surface area contributed by atoms with Crippen molar-refractivity contribution >= 4 is 46.8 Å². The van der Waals surface area contributed by atoms with E-state index in [0.29, 0.717) is 10.6 Å². The molecule has 2 aromatic rings. The van der Waals surface area contributed by atoms with Crippen molar-refractivity contribution in [3.63, 3.8) is 0 Å². The lowest BCUT2D eigenvalue weighted by Crippen LogP contribution is -2.41. The standard InChI is InChI=1S/C21H20Cl2N2O5/c1-13(20(28)14-9-11-15(22)12-10-14)30-19(27)8-4-7-18(26)24-25-21(29)16-5-2-3-6-17(16)23/h2-3,5-6,9-13H,4,7-8H2,1H3,(H,24,26)(H,25,29). The molecule has 1 unspecified atom stereocenters. The van der Waals surface area contributed by atoms with Gasteiger partial charge in [-0.1, -0.05) is 35.3 Å². The molecule has 0 aliphatic carbocycles. The number of Topliss-reactive ketones (excluding diaryl/α,β-unsaturated/α-hetero) is 1. The van der Waals surface area contributed by atoms with Crippen LogP contribution in [0.15, 0.2) is 48.5 Å². The summed E-state index contributed by atoms with van der Waals surface area (Å²) in [7, 11) is 0. The Morgan fingerprint density at radius 3 is 2.27 bits per heavy atom. The Morgan fingerprint density at radius 2 is 1.60 bits per heavy atom. The molecule has 0 bridgehead atoms. The highest BCUT2D eigenvalue weighted by molar-refractivity contribution is 6.33. The van der Waals surface area contributed by atoms with Crippen LogP contribution in [0.1, 0.15) is 46.9 Å². The summed E-state index contributed by atoms with van der Waals surface area (Å²) in [5.41, 5.74) is 5.11. The topological polar surface area (TPSA) is 102 Å². The number of hydrazine groups is 1. The summed E-state index contributed by atoms with van der Waals surface area (Å²) in [5.74, 6) is -1.98. The van der Waals surface area contributed by atoms with E-state index < -0.39 is 23.9 Å². The van der Waals surface area contributed by atoms with Crippen LogP contribution < -0.4 is 10.9 Å². The lowest BCUT2D eigenvalue weighted by atomic mass is 10.1. The van der Waals surface area contributed by atoms with Crippen LogP contribution in [-0.4, -0.2) is 29.7 Å². The predicted molar refractivity (Wildman–Crippen MR) is 112 cm³/mol. The number of hydrogen-bond acceptors (Lipinski definition) is 5. The Labute approximate surface area is 183 Å². The summed E-state index contributed by atoms with van der Waals surface area (Å²) in [4.78, 5) is 47.9. The quantitative estimate of drug-likeness (QED) is 0.362. The minimum atomic E-state index is -0.956. The number of amides is 2. The van der Waals surface area contributed by atoms with E-state index in [2.05, 4.69) is 10.9 Å². The number of ether oxygens (including phenoxy) is 1. The van der Waals surface area contributed by atoms with Crippen LogP contribution in [0.5, 0.6) is 0 Å². The van der Waals surface area contributed by atoms with E-state index in [1.165, 1.54) is 13.0 Å². The smallest absolute Gasteiger partial charge is 0.306 e.